The van der Waals surface area contributed by atoms with Crippen LogP contribution in [0.3, 0.4) is 0 Å². The highest BCUT2D eigenvalue weighted by Crippen LogP contribution is 2.28. The molecular formula is C15H23N3O2. The van der Waals surface area contributed by atoms with E-state index in [0.29, 0.717) is 12.5 Å². The molecule has 2 rings (SSSR count). The molecule has 1 aromatic carbocycles. The number of methoxy groups -OCH3 is 1. The Morgan fingerprint density at radius 1 is 1.40 bits per heavy atom. The molecule has 0 spiro atoms. The van der Waals surface area contributed by atoms with E-state index in [1.165, 1.54) is 18.4 Å². The minimum Gasteiger partial charge on any atom is -0.383 e. The number of carbonyl (C=O) groups is 1. The fourth-order valence-electron chi connectivity index (χ4n) is 2.37. The van der Waals surface area contributed by atoms with Gasteiger partial charge in [0.05, 0.1) is 13.0 Å². The van der Waals surface area contributed by atoms with Crippen LogP contribution in [-0.4, -0.2) is 37.1 Å². The molecule has 1 fully saturated rings. The summed E-state index contributed by atoms with van der Waals surface area (Å²) in [5.74, 6) is 5.01. The van der Waals surface area contributed by atoms with Crippen molar-refractivity contribution in [3.63, 3.8) is 0 Å². The van der Waals surface area contributed by atoms with Crippen molar-refractivity contribution in [3.8, 4) is 0 Å². The van der Waals surface area contributed by atoms with Gasteiger partial charge < -0.3 is 4.74 Å². The van der Waals surface area contributed by atoms with Crippen LogP contribution >= 0.6 is 0 Å². The van der Waals surface area contributed by atoms with E-state index in [1.807, 2.05) is 18.2 Å². The number of hydrogen-bond acceptors (Lipinski definition) is 4. The van der Waals surface area contributed by atoms with Gasteiger partial charge in [-0.05, 0) is 24.0 Å². The van der Waals surface area contributed by atoms with Gasteiger partial charge in [-0.3, -0.25) is 15.1 Å². The average Bonchev–Trinajstić information content (AvgIpc) is 3.29. The Balaban J connectivity index is 2.04. The van der Waals surface area contributed by atoms with Gasteiger partial charge in [0, 0.05) is 26.2 Å². The van der Waals surface area contributed by atoms with Crippen LogP contribution in [0.4, 0.5) is 0 Å². The van der Waals surface area contributed by atoms with Crippen molar-refractivity contribution in [2.45, 2.75) is 31.8 Å². The van der Waals surface area contributed by atoms with E-state index in [1.54, 1.807) is 7.11 Å². The maximum Gasteiger partial charge on any atom is 0.238 e. The van der Waals surface area contributed by atoms with Gasteiger partial charge in [0.25, 0.3) is 0 Å². The van der Waals surface area contributed by atoms with Gasteiger partial charge in [0.15, 0.2) is 0 Å². The lowest BCUT2D eigenvalue weighted by molar-refractivity contribution is -0.120. The van der Waals surface area contributed by atoms with Crippen molar-refractivity contribution in [3.05, 3.63) is 35.4 Å². The van der Waals surface area contributed by atoms with E-state index in [-0.39, 0.29) is 5.91 Å². The van der Waals surface area contributed by atoms with Gasteiger partial charge in [-0.2, -0.15) is 0 Å². The molecule has 3 N–H and O–H groups in total. The van der Waals surface area contributed by atoms with Crippen LogP contribution in [0.1, 0.15) is 24.0 Å². The number of ether oxygens (including phenoxy) is 1. The Bertz CT molecular complexity index is 446. The zero-order valence-electron chi connectivity index (χ0n) is 12.0. The number of amides is 1. The molecule has 1 saturated carbocycles. The topological polar surface area (TPSA) is 67.6 Å². The summed E-state index contributed by atoms with van der Waals surface area (Å²) in [6.45, 7) is 2.53. The maximum atomic E-state index is 11.5. The second-order valence-electron chi connectivity index (χ2n) is 5.21. The smallest absolute Gasteiger partial charge is 0.238 e. The third-order valence-electron chi connectivity index (χ3n) is 3.65. The second-order valence-corrected chi connectivity index (χ2v) is 5.21. The number of carbonyl (C=O) groups excluding carboxylic acids is 1. The second kappa shape index (κ2) is 7.38. The molecule has 1 aliphatic rings. The molecule has 0 unspecified atom stereocenters. The van der Waals surface area contributed by atoms with Gasteiger partial charge >= 0.3 is 0 Å². The Labute approximate surface area is 120 Å². The summed E-state index contributed by atoms with van der Waals surface area (Å²) in [5.41, 5.74) is 4.42. The van der Waals surface area contributed by atoms with Gasteiger partial charge in [0.1, 0.15) is 0 Å². The van der Waals surface area contributed by atoms with E-state index >= 15 is 0 Å². The average molecular weight is 277 g/mol. The number of nitrogens with one attached hydrogen (secondary N) is 1. The van der Waals surface area contributed by atoms with Crippen molar-refractivity contribution in [2.24, 2.45) is 5.84 Å². The number of nitrogens with two attached hydrogens (primary N) is 1. The molecular weight excluding hydrogens is 254 g/mol. The highest BCUT2D eigenvalue weighted by atomic mass is 16.5. The zero-order valence-corrected chi connectivity index (χ0v) is 12.0. The molecule has 20 heavy (non-hydrogen) atoms. The molecule has 0 aromatic heterocycles. The van der Waals surface area contributed by atoms with E-state index in [2.05, 4.69) is 16.4 Å². The zero-order chi connectivity index (χ0) is 14.4. The quantitative estimate of drug-likeness (QED) is 0.419. The Kier molecular flexibility index (Phi) is 5.52. The van der Waals surface area contributed by atoms with Gasteiger partial charge in [-0.25, -0.2) is 5.84 Å². The minimum atomic E-state index is -0.160. The molecule has 110 valence electrons. The normalized spacial score (nSPS) is 14.6. The third kappa shape index (κ3) is 4.30. The molecule has 0 atom stereocenters. The lowest BCUT2D eigenvalue weighted by Crippen LogP contribution is -2.32. The van der Waals surface area contributed by atoms with Crippen LogP contribution in [0.25, 0.3) is 0 Å². The Hall–Kier alpha value is -1.43. The summed E-state index contributed by atoms with van der Waals surface area (Å²) in [4.78, 5) is 13.9. The summed E-state index contributed by atoms with van der Waals surface area (Å²) in [7, 11) is 1.73. The van der Waals surface area contributed by atoms with Crippen LogP contribution < -0.4 is 11.3 Å². The fraction of sp³-hybridized carbons (Fsp3) is 0.533. The monoisotopic (exact) mass is 277 g/mol. The van der Waals surface area contributed by atoms with Crippen molar-refractivity contribution in [1.29, 1.82) is 0 Å². The van der Waals surface area contributed by atoms with E-state index in [0.717, 1.165) is 25.3 Å². The van der Waals surface area contributed by atoms with Crippen LogP contribution in [0.5, 0.6) is 0 Å². The van der Waals surface area contributed by atoms with Crippen LogP contribution in [0, 0.1) is 0 Å². The van der Waals surface area contributed by atoms with Crippen molar-refractivity contribution in [2.75, 3.05) is 20.3 Å². The number of benzene rings is 1. The highest BCUT2D eigenvalue weighted by Gasteiger charge is 2.28. The van der Waals surface area contributed by atoms with E-state index in [4.69, 9.17) is 10.6 Å². The third-order valence-corrected chi connectivity index (χ3v) is 3.65. The summed E-state index contributed by atoms with van der Waals surface area (Å²) in [6.07, 6.45) is 2.85. The highest BCUT2D eigenvalue weighted by molar-refractivity contribution is 5.78. The molecule has 0 bridgehead atoms. The molecule has 0 heterocycles. The summed E-state index contributed by atoms with van der Waals surface area (Å²) in [6, 6.07) is 8.72. The summed E-state index contributed by atoms with van der Waals surface area (Å²) >= 11 is 0. The standard InChI is InChI=1S/C15H23N3O2/c1-20-9-8-18(14-6-7-14)11-13-5-3-2-4-12(13)10-15(19)17-16/h2-5,14H,6-11,16H2,1H3,(H,17,19). The van der Waals surface area contributed by atoms with E-state index < -0.39 is 0 Å². The molecule has 5 nitrogen and oxygen atoms in total. The van der Waals surface area contributed by atoms with Crippen molar-refractivity contribution in [1.82, 2.24) is 10.3 Å². The number of hydrazine groups is 1. The molecule has 0 saturated heterocycles. The van der Waals surface area contributed by atoms with Gasteiger partial charge in [-0.15, -0.1) is 0 Å². The number of hydrogen-bond donors (Lipinski definition) is 2. The maximum absolute atomic E-state index is 11.5. The number of rotatable bonds is 8. The Morgan fingerprint density at radius 2 is 2.10 bits per heavy atom. The lowest BCUT2D eigenvalue weighted by atomic mass is 10.0. The first-order valence-corrected chi connectivity index (χ1v) is 7.03. The van der Waals surface area contributed by atoms with Crippen LogP contribution in [-0.2, 0) is 22.5 Å². The summed E-state index contributed by atoms with van der Waals surface area (Å²) in [5, 5.41) is 0. The SMILES string of the molecule is COCCN(Cc1ccccc1CC(=O)NN)C1CC1. The van der Waals surface area contributed by atoms with Gasteiger partial charge in [0.2, 0.25) is 5.91 Å². The van der Waals surface area contributed by atoms with E-state index in [9.17, 15) is 4.79 Å². The fourth-order valence-corrected chi connectivity index (χ4v) is 2.37. The first-order chi connectivity index (χ1) is 9.74. The van der Waals surface area contributed by atoms with Crippen LogP contribution in [0.15, 0.2) is 24.3 Å². The van der Waals surface area contributed by atoms with Crippen LogP contribution in [0.2, 0.25) is 0 Å². The minimum absolute atomic E-state index is 0.160. The van der Waals surface area contributed by atoms with Gasteiger partial charge in [-0.1, -0.05) is 24.3 Å². The molecule has 1 amide bonds. The first-order valence-electron chi connectivity index (χ1n) is 7.03. The summed E-state index contributed by atoms with van der Waals surface area (Å²) < 4.78 is 5.18. The first kappa shape index (κ1) is 15.0. The predicted molar refractivity (Wildman–Crippen MR) is 77.8 cm³/mol. The molecule has 1 aliphatic carbocycles. The molecule has 1 aromatic rings. The predicted octanol–water partition coefficient (Wildman–Crippen LogP) is 0.830. The molecule has 5 heteroatoms. The largest absolute Gasteiger partial charge is 0.383 e. The molecule has 0 radical (unpaired) electrons. The lowest BCUT2D eigenvalue weighted by Gasteiger charge is -2.23. The Morgan fingerprint density at radius 3 is 2.70 bits per heavy atom. The van der Waals surface area contributed by atoms with Crippen molar-refractivity contribution >= 4 is 5.91 Å². The number of nitrogens with zero attached hydrogens (tertiary/aromatic N) is 1. The van der Waals surface area contributed by atoms with Crippen molar-refractivity contribution < 1.29 is 9.53 Å². The molecule has 0 aliphatic heterocycles.